The Morgan fingerprint density at radius 3 is 2.43 bits per heavy atom. The lowest BCUT2D eigenvalue weighted by Gasteiger charge is -2.43. The smallest absolute Gasteiger partial charge is 0.338 e. The predicted octanol–water partition coefficient (Wildman–Crippen LogP) is 5.18. The van der Waals surface area contributed by atoms with Gasteiger partial charge in [0, 0.05) is 39.9 Å². The number of nitro benzene ring substituents is 1. The maximum Gasteiger partial charge on any atom is 0.338 e. The van der Waals surface area contributed by atoms with Crippen molar-refractivity contribution in [3.05, 3.63) is 115 Å². The highest BCUT2D eigenvalue weighted by Gasteiger charge is 2.51. The monoisotopic (exact) mass is 587 g/mol. The molecule has 0 spiro atoms. The molecule has 42 heavy (non-hydrogen) atoms. The average Bonchev–Trinajstić information content (AvgIpc) is 3.52. The van der Waals surface area contributed by atoms with Crippen molar-refractivity contribution in [2.45, 2.75) is 32.1 Å². The minimum absolute atomic E-state index is 0.0361. The highest BCUT2D eigenvalue weighted by atomic mass is 32.1. The van der Waals surface area contributed by atoms with E-state index in [9.17, 15) is 24.5 Å². The molecule has 0 saturated carbocycles. The number of esters is 2. The van der Waals surface area contributed by atoms with E-state index in [1.807, 2.05) is 35.7 Å². The van der Waals surface area contributed by atoms with Crippen LogP contribution in [0.3, 0.4) is 0 Å². The number of ketones is 1. The Bertz CT molecular complexity index is 1600. The zero-order valence-corrected chi connectivity index (χ0v) is 23.8. The molecule has 2 aliphatic rings. The van der Waals surface area contributed by atoms with E-state index >= 15 is 0 Å². The summed E-state index contributed by atoms with van der Waals surface area (Å²) >= 11 is 1.43. The van der Waals surface area contributed by atoms with Gasteiger partial charge in [0.15, 0.2) is 5.78 Å². The molecule has 1 aliphatic carbocycles. The van der Waals surface area contributed by atoms with Crippen LogP contribution in [-0.4, -0.2) is 35.9 Å². The van der Waals surface area contributed by atoms with Gasteiger partial charge in [-0.3, -0.25) is 24.6 Å². The van der Waals surface area contributed by atoms with Crippen molar-refractivity contribution < 1.29 is 28.8 Å². The molecule has 11 heteroatoms. The van der Waals surface area contributed by atoms with Crippen LogP contribution in [0.25, 0.3) is 0 Å². The van der Waals surface area contributed by atoms with Crippen LogP contribution < -0.4 is 10.6 Å². The van der Waals surface area contributed by atoms with Crippen molar-refractivity contribution in [3.63, 3.8) is 0 Å². The molecule has 1 aromatic heterocycles. The first-order valence-electron chi connectivity index (χ1n) is 13.5. The second-order valence-electron chi connectivity index (χ2n) is 9.76. The van der Waals surface area contributed by atoms with Gasteiger partial charge in [0.1, 0.15) is 11.7 Å². The number of nitrogens with two attached hydrogens (primary N) is 1. The molecule has 5 rings (SSSR count). The topological polar surface area (TPSA) is 142 Å². The van der Waals surface area contributed by atoms with Gasteiger partial charge >= 0.3 is 11.9 Å². The van der Waals surface area contributed by atoms with Crippen LogP contribution >= 0.6 is 11.3 Å². The molecule has 2 N–H and O–H groups in total. The number of anilines is 1. The molecule has 0 unspecified atom stereocenters. The summed E-state index contributed by atoms with van der Waals surface area (Å²) in [4.78, 5) is 55.3. The van der Waals surface area contributed by atoms with E-state index < -0.39 is 40.4 Å². The molecule has 0 radical (unpaired) electrons. The number of carbonyl (C=O) groups is 3. The fraction of sp³-hybridized carbons (Fsp3) is 0.258. The fourth-order valence-corrected chi connectivity index (χ4v) is 6.60. The molecule has 0 amide bonds. The molecular formula is C31H29N3O7S. The number of hydrogen-bond acceptors (Lipinski definition) is 10. The third kappa shape index (κ3) is 5.07. The van der Waals surface area contributed by atoms with Crippen molar-refractivity contribution in [1.82, 2.24) is 0 Å². The number of non-ortho nitro benzene ring substituents is 1. The SMILES string of the molecule is CCOC(=O)C1=C(N)N(c2ccccc2)C2=C(C(=O)[C@H](C(=O)OCC)[C@H](c3cccs3)C2)[C@H]1c1cccc([N+](=O)[O-])c1. The first-order chi connectivity index (χ1) is 20.3. The number of thiophene rings is 1. The maximum atomic E-state index is 14.7. The van der Waals surface area contributed by atoms with Gasteiger partial charge in [-0.05, 0) is 49.4 Å². The molecule has 0 saturated heterocycles. The lowest BCUT2D eigenvalue weighted by molar-refractivity contribution is -0.384. The first-order valence-corrected chi connectivity index (χ1v) is 14.4. The summed E-state index contributed by atoms with van der Waals surface area (Å²) in [7, 11) is 0. The Morgan fingerprint density at radius 1 is 1.05 bits per heavy atom. The molecule has 3 atom stereocenters. The highest BCUT2D eigenvalue weighted by molar-refractivity contribution is 7.10. The van der Waals surface area contributed by atoms with Crippen molar-refractivity contribution in [2.75, 3.05) is 18.1 Å². The van der Waals surface area contributed by atoms with Gasteiger partial charge in [0.25, 0.3) is 5.69 Å². The van der Waals surface area contributed by atoms with E-state index in [0.29, 0.717) is 16.9 Å². The van der Waals surface area contributed by atoms with Gasteiger partial charge in [-0.1, -0.05) is 36.4 Å². The number of hydrogen-bond donors (Lipinski definition) is 1. The highest BCUT2D eigenvalue weighted by Crippen LogP contribution is 2.52. The summed E-state index contributed by atoms with van der Waals surface area (Å²) < 4.78 is 10.8. The molecule has 216 valence electrons. The molecule has 0 bridgehead atoms. The molecule has 2 aromatic carbocycles. The number of rotatable bonds is 8. The first kappa shape index (κ1) is 28.7. The van der Waals surface area contributed by atoms with Crippen LogP contribution in [0.15, 0.2) is 94.8 Å². The van der Waals surface area contributed by atoms with E-state index in [2.05, 4.69) is 0 Å². The summed E-state index contributed by atoms with van der Waals surface area (Å²) in [6.45, 7) is 3.43. The summed E-state index contributed by atoms with van der Waals surface area (Å²) in [5, 5.41) is 13.6. The lowest BCUT2D eigenvalue weighted by Crippen LogP contribution is -2.46. The van der Waals surface area contributed by atoms with Crippen LogP contribution in [0.1, 0.15) is 42.5 Å². The van der Waals surface area contributed by atoms with E-state index in [0.717, 1.165) is 4.88 Å². The number of ether oxygens (including phenoxy) is 2. The van der Waals surface area contributed by atoms with Crippen LogP contribution in [0.4, 0.5) is 11.4 Å². The summed E-state index contributed by atoms with van der Waals surface area (Å²) in [5.74, 6) is -4.78. The Morgan fingerprint density at radius 2 is 1.79 bits per heavy atom. The van der Waals surface area contributed by atoms with Crippen LogP contribution in [0.2, 0.25) is 0 Å². The molecule has 0 fully saturated rings. The lowest BCUT2D eigenvalue weighted by atomic mass is 9.68. The fourth-order valence-electron chi connectivity index (χ4n) is 5.73. The maximum absolute atomic E-state index is 14.7. The number of allylic oxidation sites excluding steroid dienone is 2. The Balaban J connectivity index is 1.82. The zero-order chi connectivity index (χ0) is 30.0. The number of Topliss-reactive ketones (excluding diaryl/α,β-unsaturated/α-hetero) is 1. The van der Waals surface area contributed by atoms with Crippen LogP contribution in [0, 0.1) is 16.0 Å². The zero-order valence-electron chi connectivity index (χ0n) is 23.0. The third-order valence-electron chi connectivity index (χ3n) is 7.41. The number of nitrogens with zero attached hydrogens (tertiary/aromatic N) is 2. The second-order valence-corrected chi connectivity index (χ2v) is 10.7. The number of nitro groups is 1. The van der Waals surface area contributed by atoms with Gasteiger partial charge in [-0.2, -0.15) is 0 Å². The molecular weight excluding hydrogens is 558 g/mol. The van der Waals surface area contributed by atoms with E-state index in [4.69, 9.17) is 15.2 Å². The summed E-state index contributed by atoms with van der Waals surface area (Å²) in [5.41, 5.74) is 8.13. The van der Waals surface area contributed by atoms with Gasteiger partial charge in [-0.25, -0.2) is 4.79 Å². The molecule has 1 aliphatic heterocycles. The van der Waals surface area contributed by atoms with Crippen molar-refractivity contribution in [1.29, 1.82) is 0 Å². The van der Waals surface area contributed by atoms with E-state index in [1.54, 1.807) is 36.9 Å². The van der Waals surface area contributed by atoms with Crippen LogP contribution in [-0.2, 0) is 23.9 Å². The minimum atomic E-state index is -1.19. The number of para-hydroxylation sites is 1. The van der Waals surface area contributed by atoms with E-state index in [-0.39, 0.29) is 42.3 Å². The van der Waals surface area contributed by atoms with Crippen molar-refractivity contribution in [3.8, 4) is 0 Å². The Kier molecular flexibility index (Phi) is 8.21. The quantitative estimate of drug-likeness (QED) is 0.163. The third-order valence-corrected chi connectivity index (χ3v) is 8.42. The van der Waals surface area contributed by atoms with Crippen molar-refractivity contribution in [2.24, 2.45) is 11.7 Å². The molecule has 10 nitrogen and oxygen atoms in total. The molecule has 3 aromatic rings. The Labute approximate surface area is 246 Å². The van der Waals surface area contributed by atoms with E-state index in [1.165, 1.54) is 29.5 Å². The standard InChI is InChI=1S/C31H29N3O7S/c1-3-40-30(36)25-21(23-14-9-15-42-23)17-22-26(28(25)35)24(18-10-8-13-20(16-18)34(38)39)27(31(37)41-4-2)29(32)33(22)19-11-6-5-7-12-19/h5-16,21,24-25H,3-4,17,32H2,1-2H3/t21-,24+,25+/m0/s1. The second kappa shape index (κ2) is 12.0. The summed E-state index contributed by atoms with van der Waals surface area (Å²) in [6.07, 6.45) is 0.224. The molecule has 2 heterocycles. The Hall–Kier alpha value is -4.77. The number of carbonyl (C=O) groups excluding carboxylic acids is 3. The van der Waals surface area contributed by atoms with Gasteiger partial charge < -0.3 is 15.2 Å². The minimum Gasteiger partial charge on any atom is -0.465 e. The van der Waals surface area contributed by atoms with Gasteiger partial charge in [-0.15, -0.1) is 11.3 Å². The largest absolute Gasteiger partial charge is 0.465 e. The van der Waals surface area contributed by atoms with Gasteiger partial charge in [0.2, 0.25) is 0 Å². The normalized spacial score (nSPS) is 20.3. The summed E-state index contributed by atoms with van der Waals surface area (Å²) in [6, 6.07) is 18.5. The number of benzene rings is 2. The average molecular weight is 588 g/mol. The van der Waals surface area contributed by atoms with Crippen LogP contribution in [0.5, 0.6) is 0 Å². The van der Waals surface area contributed by atoms with Crippen molar-refractivity contribution >= 4 is 40.4 Å². The predicted molar refractivity (Wildman–Crippen MR) is 156 cm³/mol. The van der Waals surface area contributed by atoms with Gasteiger partial charge in [0.05, 0.1) is 29.6 Å².